The summed E-state index contributed by atoms with van der Waals surface area (Å²) in [6.07, 6.45) is 10.1. The van der Waals surface area contributed by atoms with E-state index in [1.807, 2.05) is 0 Å². The first-order valence-electron chi connectivity index (χ1n) is 6.85. The van der Waals surface area contributed by atoms with Gasteiger partial charge in [0.1, 0.15) is 0 Å². The summed E-state index contributed by atoms with van der Waals surface area (Å²) in [5.41, 5.74) is 0. The van der Waals surface area contributed by atoms with Crippen LogP contribution in [0.1, 0.15) is 25.7 Å². The van der Waals surface area contributed by atoms with Crippen LogP contribution in [-0.2, 0) is 14.3 Å². The van der Waals surface area contributed by atoms with Gasteiger partial charge in [-0.05, 0) is 37.5 Å². The Labute approximate surface area is 109 Å². The van der Waals surface area contributed by atoms with E-state index in [0.29, 0.717) is 31.7 Å². The number of carbonyl (C=O) groups is 1. The minimum absolute atomic E-state index is 0.00106. The van der Waals surface area contributed by atoms with E-state index in [9.17, 15) is 4.79 Å². The second-order valence-corrected chi connectivity index (χ2v) is 5.12. The molecule has 0 radical (unpaired) electrons. The fourth-order valence-corrected chi connectivity index (χ4v) is 2.80. The Kier molecular flexibility index (Phi) is 5.00. The summed E-state index contributed by atoms with van der Waals surface area (Å²) in [6, 6.07) is 0. The van der Waals surface area contributed by atoms with Crippen molar-refractivity contribution in [2.24, 2.45) is 17.8 Å². The lowest BCUT2D eigenvalue weighted by Gasteiger charge is -2.16. The number of ether oxygens (including phenoxy) is 2. The molecule has 0 N–H and O–H groups in total. The molecule has 0 aromatic carbocycles. The third kappa shape index (κ3) is 3.45. The van der Waals surface area contributed by atoms with Gasteiger partial charge in [-0.1, -0.05) is 18.2 Å². The molecule has 0 aromatic heterocycles. The van der Waals surface area contributed by atoms with E-state index in [1.54, 1.807) is 6.08 Å². The number of hydrogen-bond acceptors (Lipinski definition) is 3. The maximum atomic E-state index is 11.9. The molecule has 2 bridgehead atoms. The first-order chi connectivity index (χ1) is 8.81. The third-order valence-electron chi connectivity index (χ3n) is 3.74. The van der Waals surface area contributed by atoms with Crippen molar-refractivity contribution in [3.8, 4) is 0 Å². The van der Waals surface area contributed by atoms with Crippen molar-refractivity contribution >= 4 is 5.97 Å². The molecule has 0 amide bonds. The normalized spacial score (nSPS) is 28.6. The van der Waals surface area contributed by atoms with Crippen LogP contribution in [0.2, 0.25) is 0 Å². The highest BCUT2D eigenvalue weighted by molar-refractivity contribution is 5.74. The first-order valence-corrected chi connectivity index (χ1v) is 6.85. The summed E-state index contributed by atoms with van der Waals surface area (Å²) in [4.78, 5) is 11.9. The maximum Gasteiger partial charge on any atom is 0.309 e. The van der Waals surface area contributed by atoms with E-state index in [4.69, 9.17) is 9.47 Å². The summed E-state index contributed by atoms with van der Waals surface area (Å²) < 4.78 is 10.6. The molecule has 3 atom stereocenters. The lowest BCUT2D eigenvalue weighted by Crippen LogP contribution is -2.22. The lowest BCUT2D eigenvalue weighted by atomic mass is 9.94. The van der Waals surface area contributed by atoms with Crippen molar-refractivity contribution < 1.29 is 14.3 Å². The molecule has 2 aliphatic rings. The number of unbranched alkanes of at least 4 members (excludes halogenated alkanes) is 1. The van der Waals surface area contributed by atoms with Gasteiger partial charge in [-0.3, -0.25) is 4.79 Å². The van der Waals surface area contributed by atoms with Gasteiger partial charge < -0.3 is 9.47 Å². The van der Waals surface area contributed by atoms with Crippen LogP contribution in [0.4, 0.5) is 0 Å². The fourth-order valence-electron chi connectivity index (χ4n) is 2.80. The zero-order chi connectivity index (χ0) is 12.8. The Bertz CT molecular complexity index is 322. The van der Waals surface area contributed by atoms with Crippen molar-refractivity contribution in [3.63, 3.8) is 0 Å². The summed E-state index contributed by atoms with van der Waals surface area (Å²) in [6.45, 7) is 5.41. The largest absolute Gasteiger partial charge is 0.465 e. The third-order valence-corrected chi connectivity index (χ3v) is 3.74. The average molecular weight is 250 g/mol. The minimum Gasteiger partial charge on any atom is -0.465 e. The van der Waals surface area contributed by atoms with Crippen molar-refractivity contribution in [1.29, 1.82) is 0 Å². The van der Waals surface area contributed by atoms with Crippen molar-refractivity contribution in [2.45, 2.75) is 25.7 Å². The second-order valence-electron chi connectivity index (χ2n) is 5.12. The van der Waals surface area contributed by atoms with Gasteiger partial charge in [-0.15, -0.1) is 6.58 Å². The maximum absolute atomic E-state index is 11.9. The Morgan fingerprint density at radius 2 is 2.11 bits per heavy atom. The number of fused-ring (bicyclic) bond motifs is 2. The van der Waals surface area contributed by atoms with E-state index >= 15 is 0 Å². The summed E-state index contributed by atoms with van der Waals surface area (Å²) in [7, 11) is 0. The molecule has 0 heterocycles. The highest BCUT2D eigenvalue weighted by Crippen LogP contribution is 2.43. The van der Waals surface area contributed by atoms with Gasteiger partial charge in [0, 0.05) is 6.61 Å². The first kappa shape index (κ1) is 13.3. The smallest absolute Gasteiger partial charge is 0.309 e. The topological polar surface area (TPSA) is 35.5 Å². The Hall–Kier alpha value is -1.09. The zero-order valence-electron chi connectivity index (χ0n) is 10.8. The molecule has 0 spiro atoms. The van der Waals surface area contributed by atoms with Crippen LogP contribution in [0.3, 0.4) is 0 Å². The number of carbonyl (C=O) groups excluding carboxylic acids is 1. The molecular formula is C15H22O3. The molecule has 0 aliphatic heterocycles. The van der Waals surface area contributed by atoms with E-state index in [0.717, 1.165) is 25.7 Å². The Morgan fingerprint density at radius 1 is 1.28 bits per heavy atom. The van der Waals surface area contributed by atoms with E-state index < -0.39 is 0 Å². The zero-order valence-corrected chi connectivity index (χ0v) is 10.8. The highest BCUT2D eigenvalue weighted by Gasteiger charge is 2.40. The summed E-state index contributed by atoms with van der Waals surface area (Å²) >= 11 is 0. The van der Waals surface area contributed by atoms with Gasteiger partial charge >= 0.3 is 5.97 Å². The van der Waals surface area contributed by atoms with Crippen LogP contribution in [0.5, 0.6) is 0 Å². The van der Waals surface area contributed by atoms with Crippen LogP contribution in [-0.4, -0.2) is 25.8 Å². The van der Waals surface area contributed by atoms with Gasteiger partial charge in [-0.25, -0.2) is 0 Å². The monoisotopic (exact) mass is 250 g/mol. The highest BCUT2D eigenvalue weighted by atomic mass is 16.5. The van der Waals surface area contributed by atoms with Gasteiger partial charge in [0.05, 0.1) is 19.1 Å². The Morgan fingerprint density at radius 3 is 2.78 bits per heavy atom. The predicted molar refractivity (Wildman–Crippen MR) is 70.1 cm³/mol. The van der Waals surface area contributed by atoms with Gasteiger partial charge in [0.2, 0.25) is 0 Å². The van der Waals surface area contributed by atoms with Gasteiger partial charge in [-0.2, -0.15) is 0 Å². The molecule has 0 saturated heterocycles. The molecular weight excluding hydrogens is 228 g/mol. The van der Waals surface area contributed by atoms with Crippen LogP contribution >= 0.6 is 0 Å². The molecule has 100 valence electrons. The minimum atomic E-state index is -0.00106. The molecule has 1 fully saturated rings. The number of rotatable bonds is 8. The molecule has 3 nitrogen and oxygen atoms in total. The molecule has 2 rings (SSSR count). The summed E-state index contributed by atoms with van der Waals surface area (Å²) in [5, 5.41) is 0. The van der Waals surface area contributed by atoms with E-state index in [2.05, 4.69) is 18.7 Å². The van der Waals surface area contributed by atoms with Crippen molar-refractivity contribution in [2.75, 3.05) is 19.8 Å². The molecule has 0 aromatic rings. The van der Waals surface area contributed by atoms with E-state index in [1.165, 1.54) is 0 Å². The summed E-state index contributed by atoms with van der Waals surface area (Å²) in [5.74, 6) is 1.19. The lowest BCUT2D eigenvalue weighted by molar-refractivity contribution is -0.149. The molecule has 18 heavy (non-hydrogen) atoms. The fraction of sp³-hybridized carbons (Fsp3) is 0.667. The van der Waals surface area contributed by atoms with E-state index in [-0.39, 0.29) is 11.9 Å². The number of esters is 1. The van der Waals surface area contributed by atoms with Crippen LogP contribution in [0.25, 0.3) is 0 Å². The van der Waals surface area contributed by atoms with Crippen LogP contribution in [0, 0.1) is 17.8 Å². The second kappa shape index (κ2) is 6.74. The van der Waals surface area contributed by atoms with Crippen LogP contribution < -0.4 is 0 Å². The quantitative estimate of drug-likeness (QED) is 0.377. The molecule has 3 heteroatoms. The SMILES string of the molecule is C=CCOCCCCOC(=O)C1CC2C=CC1C2. The average Bonchev–Trinajstić information content (AvgIpc) is 2.99. The van der Waals surface area contributed by atoms with Gasteiger partial charge in [0.25, 0.3) is 0 Å². The molecule has 2 aliphatic carbocycles. The number of hydrogen-bond donors (Lipinski definition) is 0. The predicted octanol–water partition coefficient (Wildman–Crippen LogP) is 2.72. The standard InChI is InChI=1S/C15H22O3/c1-2-7-17-8-3-4-9-18-15(16)14-11-12-5-6-13(14)10-12/h2,5-6,12-14H,1,3-4,7-11H2. The van der Waals surface area contributed by atoms with Crippen molar-refractivity contribution in [1.82, 2.24) is 0 Å². The number of allylic oxidation sites excluding steroid dienone is 2. The van der Waals surface area contributed by atoms with Crippen molar-refractivity contribution in [3.05, 3.63) is 24.8 Å². The molecule has 1 saturated carbocycles. The van der Waals surface area contributed by atoms with Gasteiger partial charge in [0.15, 0.2) is 0 Å². The van der Waals surface area contributed by atoms with Crippen LogP contribution in [0.15, 0.2) is 24.8 Å². The Balaban J connectivity index is 1.53. The molecule has 3 unspecified atom stereocenters.